The van der Waals surface area contributed by atoms with Gasteiger partial charge in [0, 0.05) is 24.7 Å². The normalized spacial score (nSPS) is 25.0. The van der Waals surface area contributed by atoms with Gasteiger partial charge in [0.15, 0.2) is 0 Å². The molecule has 1 aliphatic carbocycles. The number of hydrogen-bond acceptors (Lipinski definition) is 6. The first-order valence-electron chi connectivity index (χ1n) is 8.95. The lowest BCUT2D eigenvalue weighted by atomic mass is 10.1. The SMILES string of the molecule is C=CCO[C@@H]1CC[C@H]2[C@H]1OCCN2Cc1c(C)noc1C.O=C(O)C(F)(F)F. The summed E-state index contributed by atoms with van der Waals surface area (Å²) in [6, 6.07) is 0.433. The average molecular weight is 406 g/mol. The summed E-state index contributed by atoms with van der Waals surface area (Å²) in [5, 5.41) is 11.2. The van der Waals surface area contributed by atoms with E-state index in [1.807, 2.05) is 13.8 Å². The lowest BCUT2D eigenvalue weighted by Gasteiger charge is -2.39. The molecule has 1 N–H and O–H groups in total. The molecular formula is C18H25F3N2O5. The Hall–Kier alpha value is -1.91. The maximum Gasteiger partial charge on any atom is 0.490 e. The van der Waals surface area contributed by atoms with Crippen molar-refractivity contribution < 1.29 is 37.1 Å². The van der Waals surface area contributed by atoms with E-state index < -0.39 is 12.1 Å². The number of fused-ring (bicyclic) bond motifs is 1. The molecule has 10 heteroatoms. The van der Waals surface area contributed by atoms with Crippen molar-refractivity contribution in [2.75, 3.05) is 19.8 Å². The highest BCUT2D eigenvalue weighted by Gasteiger charge is 2.43. The summed E-state index contributed by atoms with van der Waals surface area (Å²) in [5.41, 5.74) is 2.21. The lowest BCUT2D eigenvalue weighted by molar-refractivity contribution is -0.192. The number of carboxylic acids is 1. The first-order valence-corrected chi connectivity index (χ1v) is 8.95. The molecule has 0 spiro atoms. The molecule has 0 unspecified atom stereocenters. The molecule has 28 heavy (non-hydrogen) atoms. The summed E-state index contributed by atoms with van der Waals surface area (Å²) in [6.45, 7) is 10.9. The molecule has 158 valence electrons. The second-order valence-corrected chi connectivity index (χ2v) is 6.72. The van der Waals surface area contributed by atoms with E-state index in [4.69, 9.17) is 23.9 Å². The number of morpholine rings is 1. The predicted molar refractivity (Wildman–Crippen MR) is 92.8 cm³/mol. The van der Waals surface area contributed by atoms with Crippen LogP contribution >= 0.6 is 0 Å². The number of aryl methyl sites for hydroxylation is 2. The Morgan fingerprint density at radius 3 is 2.64 bits per heavy atom. The maximum atomic E-state index is 10.6. The monoisotopic (exact) mass is 406 g/mol. The second kappa shape index (κ2) is 9.53. The Morgan fingerprint density at radius 2 is 2.11 bits per heavy atom. The van der Waals surface area contributed by atoms with Crippen molar-refractivity contribution >= 4 is 5.97 Å². The first kappa shape index (κ1) is 22.4. The number of carboxylic acid groups (broad SMARTS) is 1. The Bertz CT molecular complexity index is 657. The number of alkyl halides is 3. The number of halogens is 3. The lowest BCUT2D eigenvalue weighted by Crippen LogP contribution is -2.51. The van der Waals surface area contributed by atoms with Gasteiger partial charge >= 0.3 is 12.1 Å². The maximum absolute atomic E-state index is 10.6. The van der Waals surface area contributed by atoms with Gasteiger partial charge in [-0.05, 0) is 26.7 Å². The van der Waals surface area contributed by atoms with Crippen LogP contribution in [0.3, 0.4) is 0 Å². The molecule has 0 radical (unpaired) electrons. The highest BCUT2D eigenvalue weighted by molar-refractivity contribution is 5.73. The van der Waals surface area contributed by atoms with Crippen LogP contribution in [-0.4, -0.2) is 65.3 Å². The molecule has 1 saturated heterocycles. The summed E-state index contributed by atoms with van der Waals surface area (Å²) < 4.78 is 48.8. The Balaban J connectivity index is 0.000000345. The van der Waals surface area contributed by atoms with Crippen LogP contribution in [0.5, 0.6) is 0 Å². The minimum absolute atomic E-state index is 0.180. The van der Waals surface area contributed by atoms with Gasteiger partial charge in [-0.1, -0.05) is 11.2 Å². The van der Waals surface area contributed by atoms with Gasteiger partial charge in [0.05, 0.1) is 31.1 Å². The molecule has 2 heterocycles. The molecule has 2 aliphatic rings. The molecule has 7 nitrogen and oxygen atoms in total. The van der Waals surface area contributed by atoms with Gasteiger partial charge in [-0.2, -0.15) is 13.2 Å². The van der Waals surface area contributed by atoms with Gasteiger partial charge in [-0.15, -0.1) is 6.58 Å². The third-order valence-electron chi connectivity index (χ3n) is 4.86. The van der Waals surface area contributed by atoms with Crippen molar-refractivity contribution in [2.45, 2.75) is 57.7 Å². The van der Waals surface area contributed by atoms with Gasteiger partial charge in [0.1, 0.15) is 5.76 Å². The third-order valence-corrected chi connectivity index (χ3v) is 4.86. The topological polar surface area (TPSA) is 85.0 Å². The van der Waals surface area contributed by atoms with E-state index in [-0.39, 0.29) is 12.2 Å². The Kier molecular flexibility index (Phi) is 7.62. The van der Waals surface area contributed by atoms with Gasteiger partial charge < -0.3 is 19.1 Å². The highest BCUT2D eigenvalue weighted by atomic mass is 19.4. The van der Waals surface area contributed by atoms with Crippen LogP contribution < -0.4 is 0 Å². The zero-order valence-corrected chi connectivity index (χ0v) is 15.9. The van der Waals surface area contributed by atoms with Gasteiger partial charge in [0.2, 0.25) is 0 Å². The number of aromatic nitrogens is 1. The zero-order chi connectivity index (χ0) is 20.9. The number of nitrogens with zero attached hydrogens (tertiary/aromatic N) is 2. The van der Waals surface area contributed by atoms with Crippen molar-refractivity contribution in [1.29, 1.82) is 0 Å². The Labute approximate surface area is 161 Å². The number of carbonyl (C=O) groups is 1. The van der Waals surface area contributed by atoms with E-state index in [1.165, 1.54) is 5.56 Å². The van der Waals surface area contributed by atoms with E-state index in [9.17, 15) is 13.2 Å². The fourth-order valence-electron chi connectivity index (χ4n) is 3.49. The summed E-state index contributed by atoms with van der Waals surface area (Å²) in [4.78, 5) is 11.4. The first-order chi connectivity index (χ1) is 13.1. The standard InChI is InChI=1S/C16H24N2O3.C2HF3O2/c1-4-8-19-15-6-5-14-16(15)20-9-7-18(14)10-13-11(2)17-21-12(13)3;3-2(4,5)1(6)7/h4,14-16H,1,5-10H2,2-3H3;(H,6,7)/t14-,15+,16+;/m0./s1. The molecule has 1 aromatic heterocycles. The molecule has 0 bridgehead atoms. The minimum atomic E-state index is -5.08. The smallest absolute Gasteiger partial charge is 0.475 e. The van der Waals surface area contributed by atoms with Crippen molar-refractivity contribution in [2.24, 2.45) is 0 Å². The second-order valence-electron chi connectivity index (χ2n) is 6.72. The third kappa shape index (κ3) is 5.55. The number of hydrogen-bond donors (Lipinski definition) is 1. The summed E-state index contributed by atoms with van der Waals surface area (Å²) >= 11 is 0. The van der Waals surface area contributed by atoms with Crippen LogP contribution in [0.2, 0.25) is 0 Å². The molecule has 1 aliphatic heterocycles. The van der Waals surface area contributed by atoms with E-state index >= 15 is 0 Å². The van der Waals surface area contributed by atoms with Gasteiger partial charge in [-0.25, -0.2) is 4.79 Å². The van der Waals surface area contributed by atoms with Crippen LogP contribution in [0.1, 0.15) is 29.9 Å². The summed E-state index contributed by atoms with van der Waals surface area (Å²) in [5.74, 6) is -1.83. The van der Waals surface area contributed by atoms with Crippen LogP contribution in [0.4, 0.5) is 13.2 Å². The molecule has 3 atom stereocenters. The number of aliphatic carboxylic acids is 1. The van der Waals surface area contributed by atoms with Crippen molar-refractivity contribution in [3.63, 3.8) is 0 Å². The molecule has 2 fully saturated rings. The van der Waals surface area contributed by atoms with Crippen molar-refractivity contribution in [3.05, 3.63) is 29.7 Å². The van der Waals surface area contributed by atoms with Crippen LogP contribution in [0, 0.1) is 13.8 Å². The van der Waals surface area contributed by atoms with E-state index in [2.05, 4.69) is 16.6 Å². The molecule has 1 aromatic rings. The van der Waals surface area contributed by atoms with Crippen molar-refractivity contribution in [3.8, 4) is 0 Å². The molecule has 1 saturated carbocycles. The number of rotatable bonds is 5. The Morgan fingerprint density at radius 1 is 1.43 bits per heavy atom. The van der Waals surface area contributed by atoms with E-state index in [1.54, 1.807) is 6.08 Å². The van der Waals surface area contributed by atoms with Crippen LogP contribution in [0.15, 0.2) is 17.2 Å². The van der Waals surface area contributed by atoms with Crippen LogP contribution in [0.25, 0.3) is 0 Å². The molecule has 0 aromatic carbocycles. The average Bonchev–Trinajstić information content (AvgIpc) is 3.18. The molecule has 3 rings (SSSR count). The quantitative estimate of drug-likeness (QED) is 0.753. The predicted octanol–water partition coefficient (Wildman–Crippen LogP) is 2.86. The van der Waals surface area contributed by atoms with Gasteiger partial charge in [0.25, 0.3) is 0 Å². The fourth-order valence-corrected chi connectivity index (χ4v) is 3.49. The minimum Gasteiger partial charge on any atom is -0.475 e. The largest absolute Gasteiger partial charge is 0.490 e. The number of ether oxygens (including phenoxy) is 2. The summed E-state index contributed by atoms with van der Waals surface area (Å²) in [7, 11) is 0. The van der Waals surface area contributed by atoms with Crippen molar-refractivity contribution in [1.82, 2.24) is 10.1 Å². The highest BCUT2D eigenvalue weighted by Crippen LogP contribution is 2.33. The van der Waals surface area contributed by atoms with E-state index in [0.29, 0.717) is 12.6 Å². The molecule has 0 amide bonds. The summed E-state index contributed by atoms with van der Waals surface area (Å²) in [6.07, 6.45) is -0.728. The molecular weight excluding hydrogens is 381 g/mol. The zero-order valence-electron chi connectivity index (χ0n) is 15.9. The van der Waals surface area contributed by atoms with Gasteiger partial charge in [-0.3, -0.25) is 4.90 Å². The fraction of sp³-hybridized carbons (Fsp3) is 0.667. The van der Waals surface area contributed by atoms with E-state index in [0.717, 1.165) is 44.0 Å². The van der Waals surface area contributed by atoms with Crippen LogP contribution in [-0.2, 0) is 20.8 Å².